The lowest BCUT2D eigenvalue weighted by Gasteiger charge is -2.31. The standard InChI is InChI=1S/C13H28N2O/c1-3-14-9-5-4-6-10-15(2)13-7-11-16-12-8-13/h13-14H,3-12H2,1-2H3. The van der Waals surface area contributed by atoms with E-state index in [1.165, 1.54) is 45.2 Å². The monoisotopic (exact) mass is 228 g/mol. The normalized spacial score (nSPS) is 18.2. The Hall–Kier alpha value is -0.120. The van der Waals surface area contributed by atoms with Crippen molar-refractivity contribution in [1.82, 2.24) is 10.2 Å². The average Bonchev–Trinajstić information content (AvgIpc) is 2.34. The molecule has 1 aliphatic rings. The molecule has 0 aromatic carbocycles. The van der Waals surface area contributed by atoms with Crippen LogP contribution in [0.2, 0.25) is 0 Å². The molecule has 0 saturated carbocycles. The zero-order chi connectivity index (χ0) is 11.6. The van der Waals surface area contributed by atoms with E-state index in [0.29, 0.717) is 0 Å². The first-order valence-corrected chi connectivity index (χ1v) is 6.83. The van der Waals surface area contributed by atoms with Crippen LogP contribution >= 0.6 is 0 Å². The van der Waals surface area contributed by atoms with E-state index in [0.717, 1.165) is 25.8 Å². The molecular weight excluding hydrogens is 200 g/mol. The quantitative estimate of drug-likeness (QED) is 0.642. The van der Waals surface area contributed by atoms with E-state index in [1.54, 1.807) is 0 Å². The third kappa shape index (κ3) is 5.83. The molecule has 1 N–H and O–H groups in total. The molecule has 0 aliphatic carbocycles. The molecule has 0 radical (unpaired) electrons. The SMILES string of the molecule is CCNCCCCCN(C)C1CCOCC1. The summed E-state index contributed by atoms with van der Waals surface area (Å²) in [4.78, 5) is 2.52. The van der Waals surface area contributed by atoms with Gasteiger partial charge in [0.05, 0.1) is 0 Å². The second kappa shape index (κ2) is 8.97. The van der Waals surface area contributed by atoms with E-state index in [9.17, 15) is 0 Å². The van der Waals surface area contributed by atoms with Gasteiger partial charge in [0.25, 0.3) is 0 Å². The first kappa shape index (κ1) is 13.9. The predicted molar refractivity (Wildman–Crippen MR) is 68.9 cm³/mol. The second-order valence-electron chi connectivity index (χ2n) is 4.74. The minimum atomic E-state index is 0.766. The highest BCUT2D eigenvalue weighted by atomic mass is 16.5. The number of hydrogen-bond donors (Lipinski definition) is 1. The Labute approximate surface area is 101 Å². The zero-order valence-corrected chi connectivity index (χ0v) is 11.0. The molecule has 1 rings (SSSR count). The number of nitrogens with one attached hydrogen (secondary N) is 1. The van der Waals surface area contributed by atoms with E-state index in [1.807, 2.05) is 0 Å². The molecule has 0 atom stereocenters. The summed E-state index contributed by atoms with van der Waals surface area (Å²) < 4.78 is 5.38. The van der Waals surface area contributed by atoms with Gasteiger partial charge in [0.15, 0.2) is 0 Å². The topological polar surface area (TPSA) is 24.5 Å². The summed E-state index contributed by atoms with van der Waals surface area (Å²) in [7, 11) is 2.26. The smallest absolute Gasteiger partial charge is 0.0480 e. The van der Waals surface area contributed by atoms with E-state index in [2.05, 4.69) is 24.2 Å². The summed E-state index contributed by atoms with van der Waals surface area (Å²) >= 11 is 0. The largest absolute Gasteiger partial charge is 0.381 e. The summed E-state index contributed by atoms with van der Waals surface area (Å²) in [5.74, 6) is 0. The van der Waals surface area contributed by atoms with Gasteiger partial charge in [-0.2, -0.15) is 0 Å². The highest BCUT2D eigenvalue weighted by Gasteiger charge is 2.17. The fraction of sp³-hybridized carbons (Fsp3) is 1.00. The van der Waals surface area contributed by atoms with Crippen molar-refractivity contribution in [3.8, 4) is 0 Å². The highest BCUT2D eigenvalue weighted by Crippen LogP contribution is 2.13. The minimum absolute atomic E-state index is 0.766. The molecule has 3 heteroatoms. The molecule has 3 nitrogen and oxygen atoms in total. The molecule has 1 heterocycles. The van der Waals surface area contributed by atoms with Crippen molar-refractivity contribution < 1.29 is 4.74 Å². The molecule has 0 spiro atoms. The van der Waals surface area contributed by atoms with Crippen LogP contribution in [0, 0.1) is 0 Å². The third-order valence-electron chi connectivity index (χ3n) is 3.43. The van der Waals surface area contributed by atoms with Gasteiger partial charge in [-0.15, -0.1) is 0 Å². The molecule has 1 fully saturated rings. The molecule has 16 heavy (non-hydrogen) atoms. The average molecular weight is 228 g/mol. The van der Waals surface area contributed by atoms with Gasteiger partial charge in [0.2, 0.25) is 0 Å². The van der Waals surface area contributed by atoms with Crippen molar-refractivity contribution in [3.63, 3.8) is 0 Å². The Morgan fingerprint density at radius 1 is 1.19 bits per heavy atom. The summed E-state index contributed by atoms with van der Waals surface area (Å²) in [6.45, 7) is 7.60. The van der Waals surface area contributed by atoms with Gasteiger partial charge in [-0.05, 0) is 52.4 Å². The first-order chi connectivity index (χ1) is 7.84. The Bertz CT molecular complexity index is 158. The van der Waals surface area contributed by atoms with Gasteiger partial charge in [0.1, 0.15) is 0 Å². The maximum atomic E-state index is 5.38. The van der Waals surface area contributed by atoms with Gasteiger partial charge < -0.3 is 15.0 Å². The minimum Gasteiger partial charge on any atom is -0.381 e. The van der Waals surface area contributed by atoms with Crippen LogP contribution in [-0.2, 0) is 4.74 Å². The van der Waals surface area contributed by atoms with Crippen LogP contribution in [-0.4, -0.2) is 50.8 Å². The fourth-order valence-electron chi connectivity index (χ4n) is 2.27. The molecule has 0 amide bonds. The van der Waals surface area contributed by atoms with Crippen molar-refractivity contribution in [2.24, 2.45) is 0 Å². The molecule has 96 valence electrons. The fourth-order valence-corrected chi connectivity index (χ4v) is 2.27. The summed E-state index contributed by atoms with van der Waals surface area (Å²) in [6.07, 6.45) is 6.43. The first-order valence-electron chi connectivity index (χ1n) is 6.83. The van der Waals surface area contributed by atoms with E-state index in [4.69, 9.17) is 4.74 Å². The number of nitrogens with zero attached hydrogens (tertiary/aromatic N) is 1. The van der Waals surface area contributed by atoms with Gasteiger partial charge in [0, 0.05) is 19.3 Å². The maximum Gasteiger partial charge on any atom is 0.0480 e. The van der Waals surface area contributed by atoms with Gasteiger partial charge in [-0.1, -0.05) is 13.3 Å². The number of ether oxygens (including phenoxy) is 1. The molecule has 0 unspecified atom stereocenters. The lowest BCUT2D eigenvalue weighted by atomic mass is 10.1. The molecule has 0 bridgehead atoms. The van der Waals surface area contributed by atoms with E-state index in [-0.39, 0.29) is 0 Å². The van der Waals surface area contributed by atoms with Crippen LogP contribution < -0.4 is 5.32 Å². The van der Waals surface area contributed by atoms with E-state index < -0.39 is 0 Å². The van der Waals surface area contributed by atoms with Gasteiger partial charge in [-0.3, -0.25) is 0 Å². The summed E-state index contributed by atoms with van der Waals surface area (Å²) in [5, 5.41) is 3.37. The Balaban J connectivity index is 1.94. The number of rotatable bonds is 8. The lowest BCUT2D eigenvalue weighted by molar-refractivity contribution is 0.0426. The van der Waals surface area contributed by atoms with E-state index >= 15 is 0 Å². The van der Waals surface area contributed by atoms with Crippen molar-refractivity contribution >= 4 is 0 Å². The Kier molecular flexibility index (Phi) is 7.81. The van der Waals surface area contributed by atoms with Crippen LogP contribution in [0.25, 0.3) is 0 Å². The molecular formula is C13H28N2O. The molecule has 0 aromatic rings. The van der Waals surface area contributed by atoms with Gasteiger partial charge >= 0.3 is 0 Å². The zero-order valence-electron chi connectivity index (χ0n) is 11.0. The lowest BCUT2D eigenvalue weighted by Crippen LogP contribution is -2.37. The number of unbranched alkanes of at least 4 members (excludes halogenated alkanes) is 2. The summed E-state index contributed by atoms with van der Waals surface area (Å²) in [6, 6.07) is 0.766. The predicted octanol–water partition coefficient (Wildman–Crippen LogP) is 1.88. The maximum absolute atomic E-state index is 5.38. The van der Waals surface area contributed by atoms with Crippen LogP contribution in [0.5, 0.6) is 0 Å². The summed E-state index contributed by atoms with van der Waals surface area (Å²) in [5.41, 5.74) is 0. The van der Waals surface area contributed by atoms with Crippen molar-refractivity contribution in [2.45, 2.75) is 45.1 Å². The van der Waals surface area contributed by atoms with Crippen molar-refractivity contribution in [3.05, 3.63) is 0 Å². The number of hydrogen-bond acceptors (Lipinski definition) is 3. The van der Waals surface area contributed by atoms with Crippen molar-refractivity contribution in [2.75, 3.05) is 39.9 Å². The van der Waals surface area contributed by atoms with Crippen LogP contribution in [0.15, 0.2) is 0 Å². The molecule has 1 saturated heterocycles. The van der Waals surface area contributed by atoms with Crippen LogP contribution in [0.1, 0.15) is 39.0 Å². The molecule has 0 aromatic heterocycles. The highest BCUT2D eigenvalue weighted by molar-refractivity contribution is 4.71. The molecule has 1 aliphatic heterocycles. The van der Waals surface area contributed by atoms with Crippen molar-refractivity contribution in [1.29, 1.82) is 0 Å². The Morgan fingerprint density at radius 2 is 1.94 bits per heavy atom. The van der Waals surface area contributed by atoms with Crippen LogP contribution in [0.3, 0.4) is 0 Å². The second-order valence-corrected chi connectivity index (χ2v) is 4.74. The van der Waals surface area contributed by atoms with Gasteiger partial charge in [-0.25, -0.2) is 0 Å². The Morgan fingerprint density at radius 3 is 2.62 bits per heavy atom. The van der Waals surface area contributed by atoms with Crippen LogP contribution in [0.4, 0.5) is 0 Å². The third-order valence-corrected chi connectivity index (χ3v) is 3.43.